The molecule has 0 spiro atoms. The average Bonchev–Trinajstić information content (AvgIpc) is 2.80. The van der Waals surface area contributed by atoms with Crippen molar-refractivity contribution in [3.8, 4) is 22.9 Å². The Balaban J connectivity index is 1.94. The molecule has 1 saturated heterocycles. The molecule has 2 atom stereocenters. The van der Waals surface area contributed by atoms with Crippen molar-refractivity contribution >= 4 is 26.8 Å². The number of rotatable bonds is 6. The molecule has 1 aliphatic rings. The van der Waals surface area contributed by atoms with E-state index in [-0.39, 0.29) is 6.04 Å². The molecule has 6 heteroatoms. The van der Waals surface area contributed by atoms with E-state index in [1.54, 1.807) is 14.2 Å². The molecule has 2 heterocycles. The fourth-order valence-electron chi connectivity index (χ4n) is 4.63. The lowest BCUT2D eigenvalue weighted by Crippen LogP contribution is -2.40. The number of benzene rings is 2. The molecule has 2 aromatic carbocycles. The smallest absolute Gasteiger partial charge is 0.162 e. The first-order valence-electron chi connectivity index (χ1n) is 11.0. The van der Waals surface area contributed by atoms with E-state index in [1.165, 1.54) is 19.3 Å². The number of halogens is 1. The SMILES string of the molecule is CCC(c1nc(-c2ccc(Br)cc2)nc2cc(OC)c(OC)cc12)N1CCCCC1C. The van der Waals surface area contributed by atoms with E-state index in [0.717, 1.165) is 45.4 Å². The van der Waals surface area contributed by atoms with Gasteiger partial charge in [0.25, 0.3) is 0 Å². The zero-order chi connectivity index (χ0) is 22.0. The summed E-state index contributed by atoms with van der Waals surface area (Å²) in [5.74, 6) is 2.13. The number of aromatic nitrogens is 2. The highest BCUT2D eigenvalue weighted by Gasteiger charge is 2.29. The summed E-state index contributed by atoms with van der Waals surface area (Å²) in [7, 11) is 3.33. The van der Waals surface area contributed by atoms with Gasteiger partial charge in [0, 0.05) is 27.5 Å². The summed E-state index contributed by atoms with van der Waals surface area (Å²) in [6, 6.07) is 12.9. The number of nitrogens with zero attached hydrogens (tertiary/aromatic N) is 3. The molecule has 0 N–H and O–H groups in total. The molecule has 164 valence electrons. The van der Waals surface area contributed by atoms with Gasteiger partial charge in [-0.15, -0.1) is 0 Å². The molecule has 1 aliphatic heterocycles. The minimum atomic E-state index is 0.230. The monoisotopic (exact) mass is 483 g/mol. The molecular formula is C25H30BrN3O2. The van der Waals surface area contributed by atoms with Gasteiger partial charge in [0.15, 0.2) is 17.3 Å². The first kappa shape index (κ1) is 22.0. The summed E-state index contributed by atoms with van der Waals surface area (Å²) in [6.45, 7) is 5.69. The van der Waals surface area contributed by atoms with E-state index in [4.69, 9.17) is 19.4 Å². The molecule has 0 bridgehead atoms. The maximum absolute atomic E-state index is 5.61. The van der Waals surface area contributed by atoms with Crippen LogP contribution in [0, 0.1) is 0 Å². The second-order valence-corrected chi connectivity index (χ2v) is 9.09. The maximum atomic E-state index is 5.61. The highest BCUT2D eigenvalue weighted by molar-refractivity contribution is 9.10. The molecule has 0 radical (unpaired) electrons. The van der Waals surface area contributed by atoms with Crippen molar-refractivity contribution in [2.45, 2.75) is 51.6 Å². The predicted octanol–water partition coefficient (Wildman–Crippen LogP) is 6.40. The molecule has 5 nitrogen and oxygen atoms in total. The molecular weight excluding hydrogens is 454 g/mol. The quantitative estimate of drug-likeness (QED) is 0.405. The van der Waals surface area contributed by atoms with E-state index >= 15 is 0 Å². The Kier molecular flexibility index (Phi) is 6.77. The normalized spacial score (nSPS) is 18.2. The van der Waals surface area contributed by atoms with Gasteiger partial charge >= 0.3 is 0 Å². The zero-order valence-corrected chi connectivity index (χ0v) is 20.3. The Morgan fingerprint density at radius 2 is 1.77 bits per heavy atom. The number of fused-ring (bicyclic) bond motifs is 1. The number of hydrogen-bond donors (Lipinski definition) is 0. The van der Waals surface area contributed by atoms with Crippen molar-refractivity contribution in [3.05, 3.63) is 46.6 Å². The molecule has 31 heavy (non-hydrogen) atoms. The van der Waals surface area contributed by atoms with Crippen LogP contribution in [-0.2, 0) is 0 Å². The fourth-order valence-corrected chi connectivity index (χ4v) is 4.89. The Morgan fingerprint density at radius 1 is 1.06 bits per heavy atom. The van der Waals surface area contributed by atoms with E-state index < -0.39 is 0 Å². The van der Waals surface area contributed by atoms with Crippen molar-refractivity contribution < 1.29 is 9.47 Å². The molecule has 2 unspecified atom stereocenters. The van der Waals surface area contributed by atoms with E-state index in [1.807, 2.05) is 24.3 Å². The highest BCUT2D eigenvalue weighted by Crippen LogP contribution is 2.39. The topological polar surface area (TPSA) is 47.5 Å². The lowest BCUT2D eigenvalue weighted by molar-refractivity contribution is 0.101. The van der Waals surface area contributed by atoms with Gasteiger partial charge in [0.2, 0.25) is 0 Å². The van der Waals surface area contributed by atoms with Gasteiger partial charge < -0.3 is 9.47 Å². The molecule has 0 saturated carbocycles. The Hall–Kier alpha value is -2.18. The summed E-state index contributed by atoms with van der Waals surface area (Å²) in [4.78, 5) is 12.7. The highest BCUT2D eigenvalue weighted by atomic mass is 79.9. The first-order chi connectivity index (χ1) is 15.0. The second kappa shape index (κ2) is 9.53. The van der Waals surface area contributed by atoms with E-state index in [9.17, 15) is 0 Å². The maximum Gasteiger partial charge on any atom is 0.162 e. The Labute approximate surface area is 192 Å². The summed E-state index contributed by atoms with van der Waals surface area (Å²) in [5, 5.41) is 1.03. The number of piperidine rings is 1. The van der Waals surface area contributed by atoms with Crippen LogP contribution in [0.25, 0.3) is 22.3 Å². The van der Waals surface area contributed by atoms with E-state index in [0.29, 0.717) is 17.5 Å². The van der Waals surface area contributed by atoms with Crippen LogP contribution in [0.3, 0.4) is 0 Å². The Morgan fingerprint density at radius 3 is 2.42 bits per heavy atom. The summed E-state index contributed by atoms with van der Waals surface area (Å²) in [6.07, 6.45) is 4.76. The van der Waals surface area contributed by atoms with Crippen molar-refractivity contribution in [1.82, 2.24) is 14.9 Å². The third kappa shape index (κ3) is 4.41. The summed E-state index contributed by atoms with van der Waals surface area (Å²) < 4.78 is 12.2. The second-order valence-electron chi connectivity index (χ2n) is 8.17. The molecule has 0 amide bonds. The lowest BCUT2D eigenvalue weighted by Gasteiger charge is -2.39. The van der Waals surface area contributed by atoms with Gasteiger partial charge in [0.05, 0.1) is 31.5 Å². The molecule has 3 aromatic rings. The number of methoxy groups -OCH3 is 2. The van der Waals surface area contributed by atoms with Gasteiger partial charge in [-0.05, 0) is 50.9 Å². The van der Waals surface area contributed by atoms with Gasteiger partial charge in [-0.2, -0.15) is 0 Å². The summed E-state index contributed by atoms with van der Waals surface area (Å²) in [5.41, 5.74) is 2.95. The predicted molar refractivity (Wildman–Crippen MR) is 129 cm³/mol. The van der Waals surface area contributed by atoms with Gasteiger partial charge in [0.1, 0.15) is 0 Å². The van der Waals surface area contributed by atoms with Crippen molar-refractivity contribution in [2.24, 2.45) is 0 Å². The van der Waals surface area contributed by atoms with Crippen molar-refractivity contribution in [3.63, 3.8) is 0 Å². The van der Waals surface area contributed by atoms with Crippen molar-refractivity contribution in [2.75, 3.05) is 20.8 Å². The first-order valence-corrected chi connectivity index (χ1v) is 11.8. The van der Waals surface area contributed by atoms with Crippen LogP contribution in [0.5, 0.6) is 11.5 Å². The van der Waals surface area contributed by atoms with Gasteiger partial charge in [-0.1, -0.05) is 41.4 Å². The van der Waals surface area contributed by atoms with Gasteiger partial charge in [-0.3, -0.25) is 4.90 Å². The van der Waals surface area contributed by atoms with Crippen LogP contribution in [0.4, 0.5) is 0 Å². The standard InChI is InChI=1S/C25H30BrN3O2/c1-5-21(29-13-7-6-8-16(29)2)24-19-14-22(30-3)23(31-4)15-20(19)27-25(28-24)17-9-11-18(26)12-10-17/h9-12,14-16,21H,5-8,13H2,1-4H3. The third-order valence-electron chi connectivity index (χ3n) is 6.29. The molecule has 1 fully saturated rings. The van der Waals surface area contributed by atoms with Crippen LogP contribution in [-0.4, -0.2) is 41.7 Å². The minimum Gasteiger partial charge on any atom is -0.493 e. The van der Waals surface area contributed by atoms with E-state index in [2.05, 4.69) is 46.8 Å². The Bertz CT molecular complexity index is 1050. The van der Waals surface area contributed by atoms with Crippen LogP contribution >= 0.6 is 15.9 Å². The van der Waals surface area contributed by atoms with Crippen molar-refractivity contribution in [1.29, 1.82) is 0 Å². The van der Waals surface area contributed by atoms with Crippen LogP contribution in [0.2, 0.25) is 0 Å². The molecule has 4 rings (SSSR count). The van der Waals surface area contributed by atoms with Crippen LogP contribution < -0.4 is 9.47 Å². The van der Waals surface area contributed by atoms with Crippen LogP contribution in [0.1, 0.15) is 51.3 Å². The number of likely N-dealkylation sites (tertiary alicyclic amines) is 1. The largest absolute Gasteiger partial charge is 0.493 e. The molecule has 0 aliphatic carbocycles. The molecule has 1 aromatic heterocycles. The van der Waals surface area contributed by atoms with Gasteiger partial charge in [-0.25, -0.2) is 9.97 Å². The number of ether oxygens (including phenoxy) is 2. The number of hydrogen-bond acceptors (Lipinski definition) is 5. The third-order valence-corrected chi connectivity index (χ3v) is 6.82. The average molecular weight is 484 g/mol. The summed E-state index contributed by atoms with van der Waals surface area (Å²) >= 11 is 3.52. The fraction of sp³-hybridized carbons (Fsp3) is 0.440. The minimum absolute atomic E-state index is 0.230. The zero-order valence-electron chi connectivity index (χ0n) is 18.7. The van der Waals surface area contributed by atoms with Crippen LogP contribution in [0.15, 0.2) is 40.9 Å². The lowest BCUT2D eigenvalue weighted by atomic mass is 9.96.